The quantitative estimate of drug-likeness (QED) is 0.583. The highest BCUT2D eigenvalue weighted by Crippen LogP contribution is 2.39. The molecule has 6 nitrogen and oxygen atoms in total. The van der Waals surface area contributed by atoms with Crippen molar-refractivity contribution in [1.29, 1.82) is 0 Å². The zero-order valence-corrected chi connectivity index (χ0v) is 19.6. The summed E-state index contributed by atoms with van der Waals surface area (Å²) in [5.74, 6) is 2.85. The summed E-state index contributed by atoms with van der Waals surface area (Å²) in [5.41, 5.74) is 2.72. The van der Waals surface area contributed by atoms with Crippen molar-refractivity contribution in [2.45, 2.75) is 12.2 Å². The summed E-state index contributed by atoms with van der Waals surface area (Å²) in [7, 11) is 1.61. The van der Waals surface area contributed by atoms with Gasteiger partial charge in [-0.25, -0.2) is 0 Å². The molecule has 0 saturated carbocycles. The van der Waals surface area contributed by atoms with Gasteiger partial charge in [-0.15, -0.1) is 11.3 Å². The number of benzene rings is 1. The zero-order chi connectivity index (χ0) is 22.1. The Morgan fingerprint density at radius 2 is 1.59 bits per heavy atom. The summed E-state index contributed by atoms with van der Waals surface area (Å²) in [4.78, 5) is 31.6. The molecule has 3 aromatic rings. The van der Waals surface area contributed by atoms with Crippen molar-refractivity contribution in [3.05, 3.63) is 70.4 Å². The van der Waals surface area contributed by atoms with Crippen molar-refractivity contribution in [1.82, 2.24) is 14.4 Å². The van der Waals surface area contributed by atoms with E-state index in [0.717, 1.165) is 34.2 Å². The topological polar surface area (TPSA) is 54.8 Å². The van der Waals surface area contributed by atoms with Crippen LogP contribution in [-0.2, 0) is 12.2 Å². The fraction of sp³-hybridized carbons (Fsp3) is 0.333. The molecule has 4 heterocycles. The van der Waals surface area contributed by atoms with E-state index < -0.39 is 0 Å². The van der Waals surface area contributed by atoms with Crippen molar-refractivity contribution in [3.8, 4) is 10.8 Å². The molecule has 0 atom stereocenters. The first kappa shape index (κ1) is 21.2. The van der Waals surface area contributed by atoms with Gasteiger partial charge in [0.2, 0.25) is 0 Å². The van der Waals surface area contributed by atoms with Crippen molar-refractivity contribution in [2.24, 2.45) is 0 Å². The van der Waals surface area contributed by atoms with E-state index in [4.69, 9.17) is 4.74 Å². The molecule has 166 valence electrons. The number of thioether (sulfide) groups is 1. The standard InChI is InChI=1S/C24H25N3O3S2/c1-30-18-6-4-17(5-7-18)22(28)25-11-13-26(14-12-25)23(29)21-19-8-15-31-16-20(19)32-24(21)27-9-2-3-10-27/h2-7,9-10H,8,11-16H2,1H3. The van der Waals surface area contributed by atoms with Gasteiger partial charge in [-0.05, 0) is 54.1 Å². The smallest absolute Gasteiger partial charge is 0.257 e. The van der Waals surface area contributed by atoms with Crippen LogP contribution in [0.15, 0.2) is 48.8 Å². The van der Waals surface area contributed by atoms with Crippen LogP contribution in [0.5, 0.6) is 5.75 Å². The number of fused-ring (bicyclic) bond motifs is 1. The van der Waals surface area contributed by atoms with Gasteiger partial charge in [0, 0.05) is 54.8 Å². The summed E-state index contributed by atoms with van der Waals surface area (Å²) in [6.07, 6.45) is 4.95. The SMILES string of the molecule is COc1ccc(C(=O)N2CCN(C(=O)c3c(-n4cccc4)sc4c3CCSC4)CC2)cc1. The molecule has 2 aliphatic rings. The van der Waals surface area contributed by atoms with Crippen LogP contribution in [0.25, 0.3) is 5.00 Å². The minimum absolute atomic E-state index is 0.00211. The molecule has 32 heavy (non-hydrogen) atoms. The molecule has 0 bridgehead atoms. The minimum atomic E-state index is -0.00211. The molecular weight excluding hydrogens is 442 g/mol. The highest BCUT2D eigenvalue weighted by Gasteiger charge is 2.32. The molecular formula is C24H25N3O3S2. The third-order valence-corrected chi connectivity index (χ3v) is 8.46. The second-order valence-electron chi connectivity index (χ2n) is 7.89. The first-order valence-corrected chi connectivity index (χ1v) is 12.7. The van der Waals surface area contributed by atoms with Gasteiger partial charge in [0.05, 0.1) is 12.7 Å². The predicted molar refractivity (Wildman–Crippen MR) is 128 cm³/mol. The number of aromatic nitrogens is 1. The number of ether oxygens (including phenoxy) is 1. The summed E-state index contributed by atoms with van der Waals surface area (Å²) in [6, 6.07) is 11.2. The number of hydrogen-bond acceptors (Lipinski definition) is 5. The predicted octanol–water partition coefficient (Wildman–Crippen LogP) is 3.93. The Morgan fingerprint density at radius 3 is 2.25 bits per heavy atom. The number of methoxy groups -OCH3 is 1. The van der Waals surface area contributed by atoms with E-state index in [1.807, 2.05) is 46.1 Å². The fourth-order valence-corrected chi connectivity index (χ4v) is 6.72. The van der Waals surface area contributed by atoms with Gasteiger partial charge in [0.15, 0.2) is 0 Å². The third-order valence-electron chi connectivity index (χ3n) is 6.05. The molecule has 2 aromatic heterocycles. The maximum atomic E-state index is 13.7. The van der Waals surface area contributed by atoms with Crippen molar-refractivity contribution >= 4 is 34.9 Å². The first-order valence-electron chi connectivity index (χ1n) is 10.7. The Hall–Kier alpha value is -2.71. The van der Waals surface area contributed by atoms with E-state index in [0.29, 0.717) is 31.7 Å². The zero-order valence-electron chi connectivity index (χ0n) is 18.0. The molecule has 2 aliphatic heterocycles. The Labute approximate surface area is 195 Å². The van der Waals surface area contributed by atoms with Crippen molar-refractivity contribution < 1.29 is 14.3 Å². The van der Waals surface area contributed by atoms with Crippen LogP contribution in [-0.4, -0.2) is 65.2 Å². The minimum Gasteiger partial charge on any atom is -0.497 e. The number of nitrogens with zero attached hydrogens (tertiary/aromatic N) is 3. The van der Waals surface area contributed by atoms with E-state index in [1.54, 1.807) is 42.7 Å². The summed E-state index contributed by atoms with van der Waals surface area (Å²) < 4.78 is 7.23. The van der Waals surface area contributed by atoms with Gasteiger partial charge in [-0.3, -0.25) is 9.59 Å². The molecule has 1 aromatic carbocycles. The van der Waals surface area contributed by atoms with E-state index in [2.05, 4.69) is 4.57 Å². The van der Waals surface area contributed by atoms with Gasteiger partial charge in [0.25, 0.3) is 11.8 Å². The van der Waals surface area contributed by atoms with Crippen LogP contribution < -0.4 is 4.74 Å². The highest BCUT2D eigenvalue weighted by molar-refractivity contribution is 7.98. The van der Waals surface area contributed by atoms with Crippen LogP contribution in [0.3, 0.4) is 0 Å². The van der Waals surface area contributed by atoms with Crippen molar-refractivity contribution in [3.63, 3.8) is 0 Å². The average Bonchev–Trinajstić information content (AvgIpc) is 3.51. The van der Waals surface area contributed by atoms with Gasteiger partial charge in [0.1, 0.15) is 10.8 Å². The number of carbonyl (C=O) groups is 2. The number of carbonyl (C=O) groups excluding carboxylic acids is 2. The molecule has 8 heteroatoms. The van der Waals surface area contributed by atoms with E-state index in [9.17, 15) is 9.59 Å². The molecule has 1 fully saturated rings. The average molecular weight is 468 g/mol. The number of rotatable bonds is 4. The third kappa shape index (κ3) is 3.93. The molecule has 0 spiro atoms. The number of piperazine rings is 1. The fourth-order valence-electron chi connectivity index (χ4n) is 4.28. The van der Waals surface area contributed by atoms with E-state index in [1.165, 1.54) is 10.4 Å². The second kappa shape index (κ2) is 9.03. The highest BCUT2D eigenvalue weighted by atomic mass is 32.2. The van der Waals surface area contributed by atoms with Crippen LogP contribution in [0, 0.1) is 0 Å². The van der Waals surface area contributed by atoms with Crippen LogP contribution in [0.4, 0.5) is 0 Å². The molecule has 5 rings (SSSR count). The normalized spacial score (nSPS) is 16.0. The lowest BCUT2D eigenvalue weighted by atomic mass is 10.1. The number of amides is 2. The monoisotopic (exact) mass is 467 g/mol. The number of thiophene rings is 1. The maximum absolute atomic E-state index is 13.7. The molecule has 2 amide bonds. The lowest BCUT2D eigenvalue weighted by Crippen LogP contribution is -2.50. The second-order valence-corrected chi connectivity index (χ2v) is 10.1. The molecule has 0 radical (unpaired) electrons. The molecule has 1 saturated heterocycles. The largest absolute Gasteiger partial charge is 0.497 e. The Balaban J connectivity index is 1.33. The van der Waals surface area contributed by atoms with Gasteiger partial charge < -0.3 is 19.1 Å². The molecule has 0 unspecified atom stereocenters. The Morgan fingerprint density at radius 1 is 0.938 bits per heavy atom. The van der Waals surface area contributed by atoms with Gasteiger partial charge in [-0.2, -0.15) is 11.8 Å². The summed E-state index contributed by atoms with van der Waals surface area (Å²) in [6.45, 7) is 2.17. The number of hydrogen-bond donors (Lipinski definition) is 0. The van der Waals surface area contributed by atoms with Crippen LogP contribution in [0.2, 0.25) is 0 Å². The lowest BCUT2D eigenvalue weighted by Gasteiger charge is -2.35. The van der Waals surface area contributed by atoms with E-state index in [-0.39, 0.29) is 11.8 Å². The molecule has 0 aliphatic carbocycles. The van der Waals surface area contributed by atoms with Gasteiger partial charge >= 0.3 is 0 Å². The first-order chi connectivity index (χ1) is 15.7. The van der Waals surface area contributed by atoms with Crippen LogP contribution in [0.1, 0.15) is 31.2 Å². The van der Waals surface area contributed by atoms with Gasteiger partial charge in [-0.1, -0.05) is 0 Å². The Kier molecular flexibility index (Phi) is 5.97. The lowest BCUT2D eigenvalue weighted by molar-refractivity contribution is 0.0535. The summed E-state index contributed by atoms with van der Waals surface area (Å²) in [5, 5.41) is 1.02. The maximum Gasteiger partial charge on any atom is 0.257 e. The van der Waals surface area contributed by atoms with Crippen molar-refractivity contribution in [2.75, 3.05) is 39.0 Å². The Bertz CT molecular complexity index is 1110. The summed E-state index contributed by atoms with van der Waals surface area (Å²) >= 11 is 3.67. The van der Waals surface area contributed by atoms with E-state index >= 15 is 0 Å². The van der Waals surface area contributed by atoms with Crippen LogP contribution >= 0.6 is 23.1 Å². The molecule has 0 N–H and O–H groups in total.